The van der Waals surface area contributed by atoms with Crippen LogP contribution in [0.3, 0.4) is 0 Å². The van der Waals surface area contributed by atoms with Crippen LogP contribution in [0.4, 0.5) is 11.4 Å². The van der Waals surface area contributed by atoms with Gasteiger partial charge in [0, 0.05) is 29.7 Å². The van der Waals surface area contributed by atoms with Crippen LogP contribution < -0.4 is 10.6 Å². The molecule has 0 saturated heterocycles. The molecule has 0 aliphatic carbocycles. The van der Waals surface area contributed by atoms with Gasteiger partial charge in [-0.15, -0.1) is 0 Å². The highest BCUT2D eigenvalue weighted by Crippen LogP contribution is 2.21. The topological polar surface area (TPSA) is 58.2 Å². The van der Waals surface area contributed by atoms with Gasteiger partial charge in [-0.3, -0.25) is 9.59 Å². The van der Waals surface area contributed by atoms with Gasteiger partial charge < -0.3 is 10.6 Å². The molecule has 2 N–H and O–H groups in total. The zero-order valence-electron chi connectivity index (χ0n) is 13.2. The van der Waals surface area contributed by atoms with Gasteiger partial charge in [0.15, 0.2) is 0 Å². The molecular formula is C18H19ClN2O2. The molecule has 2 aromatic carbocycles. The summed E-state index contributed by atoms with van der Waals surface area (Å²) in [7, 11) is 0. The van der Waals surface area contributed by atoms with Crippen molar-refractivity contribution in [2.24, 2.45) is 0 Å². The highest BCUT2D eigenvalue weighted by molar-refractivity contribution is 6.31. The summed E-state index contributed by atoms with van der Waals surface area (Å²) >= 11 is 6.08. The molecule has 0 aliphatic heterocycles. The van der Waals surface area contributed by atoms with Crippen LogP contribution in [-0.2, 0) is 16.0 Å². The van der Waals surface area contributed by atoms with E-state index >= 15 is 0 Å². The molecule has 120 valence electrons. The minimum atomic E-state index is -0.143. The van der Waals surface area contributed by atoms with Crippen LogP contribution in [-0.4, -0.2) is 11.8 Å². The summed E-state index contributed by atoms with van der Waals surface area (Å²) in [5.74, 6) is -0.238. The average molecular weight is 331 g/mol. The van der Waals surface area contributed by atoms with Crippen LogP contribution in [0, 0.1) is 6.92 Å². The molecule has 0 aliphatic rings. The van der Waals surface area contributed by atoms with Crippen molar-refractivity contribution in [2.75, 3.05) is 10.6 Å². The Balaban J connectivity index is 1.97. The maximum absolute atomic E-state index is 12.1. The quantitative estimate of drug-likeness (QED) is 0.864. The summed E-state index contributed by atoms with van der Waals surface area (Å²) in [5.41, 5.74) is 3.24. The molecule has 5 heteroatoms. The molecule has 2 rings (SSSR count). The van der Waals surface area contributed by atoms with E-state index in [-0.39, 0.29) is 11.8 Å². The number of rotatable bonds is 5. The van der Waals surface area contributed by atoms with E-state index in [1.54, 1.807) is 6.07 Å². The summed E-state index contributed by atoms with van der Waals surface area (Å²) in [6.07, 6.45) is 0.920. The zero-order valence-corrected chi connectivity index (χ0v) is 13.9. The Bertz CT molecular complexity index is 729. The first-order valence-electron chi connectivity index (χ1n) is 7.37. The van der Waals surface area contributed by atoms with E-state index in [2.05, 4.69) is 10.6 Å². The van der Waals surface area contributed by atoms with Crippen LogP contribution in [0.25, 0.3) is 0 Å². The zero-order chi connectivity index (χ0) is 16.8. The molecule has 0 bridgehead atoms. The van der Waals surface area contributed by atoms with Crippen LogP contribution >= 0.6 is 11.6 Å². The predicted molar refractivity (Wildman–Crippen MR) is 93.9 cm³/mol. The molecule has 2 amide bonds. The number of hydrogen-bond acceptors (Lipinski definition) is 2. The second kappa shape index (κ2) is 7.79. The highest BCUT2D eigenvalue weighted by atomic mass is 35.5. The Hall–Kier alpha value is -2.33. The minimum Gasteiger partial charge on any atom is -0.326 e. The van der Waals surface area contributed by atoms with Gasteiger partial charge in [-0.1, -0.05) is 35.9 Å². The first-order valence-corrected chi connectivity index (χ1v) is 7.75. The molecule has 2 aromatic rings. The molecule has 0 aromatic heterocycles. The fourth-order valence-electron chi connectivity index (χ4n) is 2.20. The molecule has 0 fully saturated rings. The number of hydrogen-bond donors (Lipinski definition) is 2. The summed E-state index contributed by atoms with van der Waals surface area (Å²) in [6, 6.07) is 12.9. The Labute approximate surface area is 140 Å². The maximum Gasteiger partial charge on any atom is 0.224 e. The second-order valence-corrected chi connectivity index (χ2v) is 5.76. The summed E-state index contributed by atoms with van der Waals surface area (Å²) in [5, 5.41) is 6.25. The lowest BCUT2D eigenvalue weighted by Crippen LogP contribution is -2.13. The van der Waals surface area contributed by atoms with E-state index in [1.165, 1.54) is 6.92 Å². The molecular weight excluding hydrogens is 312 g/mol. The lowest BCUT2D eigenvalue weighted by molar-refractivity contribution is -0.116. The van der Waals surface area contributed by atoms with E-state index in [0.717, 1.165) is 11.1 Å². The van der Waals surface area contributed by atoms with Crippen LogP contribution in [0.2, 0.25) is 5.02 Å². The summed E-state index contributed by atoms with van der Waals surface area (Å²) in [6.45, 7) is 3.35. The van der Waals surface area contributed by atoms with Crippen molar-refractivity contribution >= 4 is 34.8 Å². The van der Waals surface area contributed by atoms with Crippen molar-refractivity contribution in [2.45, 2.75) is 26.7 Å². The van der Waals surface area contributed by atoms with Crippen LogP contribution in [0.15, 0.2) is 42.5 Å². The third kappa shape index (κ3) is 5.11. The predicted octanol–water partition coefficient (Wildman–Crippen LogP) is 4.18. The van der Waals surface area contributed by atoms with E-state index in [4.69, 9.17) is 11.6 Å². The number of benzene rings is 2. The van der Waals surface area contributed by atoms with Gasteiger partial charge >= 0.3 is 0 Å². The number of carbonyl (C=O) groups is 2. The number of carbonyl (C=O) groups excluding carboxylic acids is 2. The molecule has 4 nitrogen and oxygen atoms in total. The van der Waals surface area contributed by atoms with Crippen molar-refractivity contribution in [3.63, 3.8) is 0 Å². The Morgan fingerprint density at radius 1 is 1.09 bits per heavy atom. The third-order valence-corrected chi connectivity index (χ3v) is 3.78. The molecule has 0 saturated carbocycles. The molecule has 0 spiro atoms. The van der Waals surface area contributed by atoms with Crippen molar-refractivity contribution in [1.82, 2.24) is 0 Å². The van der Waals surface area contributed by atoms with Crippen molar-refractivity contribution in [3.05, 3.63) is 58.6 Å². The van der Waals surface area contributed by atoms with Crippen molar-refractivity contribution in [3.8, 4) is 0 Å². The average Bonchev–Trinajstić information content (AvgIpc) is 2.49. The highest BCUT2D eigenvalue weighted by Gasteiger charge is 2.07. The van der Waals surface area contributed by atoms with Gasteiger partial charge in [-0.2, -0.15) is 0 Å². The monoisotopic (exact) mass is 330 g/mol. The van der Waals surface area contributed by atoms with Gasteiger partial charge in [-0.25, -0.2) is 0 Å². The summed E-state index contributed by atoms with van der Waals surface area (Å²) < 4.78 is 0. The lowest BCUT2D eigenvalue weighted by Gasteiger charge is -2.11. The SMILES string of the molecule is CC(=O)Nc1cc(NC(=O)CCc2ccccc2Cl)ccc1C. The van der Waals surface area contributed by atoms with Crippen molar-refractivity contribution < 1.29 is 9.59 Å². The third-order valence-electron chi connectivity index (χ3n) is 3.41. The van der Waals surface area contributed by atoms with E-state index < -0.39 is 0 Å². The molecule has 23 heavy (non-hydrogen) atoms. The minimum absolute atomic E-state index is 0.0949. The summed E-state index contributed by atoms with van der Waals surface area (Å²) in [4.78, 5) is 23.3. The first-order chi connectivity index (χ1) is 11.0. The number of halogens is 1. The first kappa shape index (κ1) is 17.0. The number of anilines is 2. The lowest BCUT2D eigenvalue weighted by atomic mass is 10.1. The van der Waals surface area contributed by atoms with Crippen LogP contribution in [0.5, 0.6) is 0 Å². The van der Waals surface area contributed by atoms with Crippen LogP contribution in [0.1, 0.15) is 24.5 Å². The smallest absolute Gasteiger partial charge is 0.224 e. The fourth-order valence-corrected chi connectivity index (χ4v) is 2.43. The van der Waals surface area contributed by atoms with Gasteiger partial charge in [0.1, 0.15) is 0 Å². The maximum atomic E-state index is 12.1. The van der Waals surface area contributed by atoms with E-state index in [0.29, 0.717) is 29.2 Å². The largest absolute Gasteiger partial charge is 0.326 e. The Morgan fingerprint density at radius 2 is 1.83 bits per heavy atom. The number of nitrogens with one attached hydrogen (secondary N) is 2. The number of aryl methyl sites for hydroxylation is 2. The van der Waals surface area contributed by atoms with Gasteiger partial charge in [-0.05, 0) is 42.7 Å². The van der Waals surface area contributed by atoms with Gasteiger partial charge in [0.25, 0.3) is 0 Å². The molecule has 0 radical (unpaired) electrons. The fraction of sp³-hybridized carbons (Fsp3) is 0.222. The number of amides is 2. The second-order valence-electron chi connectivity index (χ2n) is 5.35. The van der Waals surface area contributed by atoms with E-state index in [1.807, 2.05) is 43.3 Å². The molecule has 0 atom stereocenters. The standard InChI is InChI=1S/C18H19ClN2O2/c1-12-7-9-15(11-17(12)20-13(2)22)21-18(23)10-8-14-5-3-4-6-16(14)19/h3-7,9,11H,8,10H2,1-2H3,(H,20,22)(H,21,23). The van der Waals surface area contributed by atoms with Crippen molar-refractivity contribution in [1.29, 1.82) is 0 Å². The van der Waals surface area contributed by atoms with Gasteiger partial charge in [0.05, 0.1) is 0 Å². The molecule has 0 unspecified atom stereocenters. The Kier molecular flexibility index (Phi) is 5.77. The normalized spacial score (nSPS) is 10.2. The molecule has 0 heterocycles. The van der Waals surface area contributed by atoms with E-state index in [9.17, 15) is 9.59 Å². The van der Waals surface area contributed by atoms with Gasteiger partial charge in [0.2, 0.25) is 11.8 Å². The Morgan fingerprint density at radius 3 is 2.52 bits per heavy atom.